The number of nitrogens with one attached hydrogen (secondary N) is 1. The summed E-state index contributed by atoms with van der Waals surface area (Å²) in [5.74, 6) is 0.102. The number of hydrogen-bond acceptors (Lipinski definition) is 5. The normalized spacial score (nSPS) is 17.0. The van der Waals surface area contributed by atoms with Gasteiger partial charge in [0, 0.05) is 10.9 Å². The van der Waals surface area contributed by atoms with Crippen LogP contribution in [-0.4, -0.2) is 15.8 Å². The van der Waals surface area contributed by atoms with Crippen molar-refractivity contribution >= 4 is 28.1 Å². The lowest BCUT2D eigenvalue weighted by Crippen LogP contribution is -2.26. The smallest absolute Gasteiger partial charge is 0.282 e. The van der Waals surface area contributed by atoms with Gasteiger partial charge in [0.2, 0.25) is 0 Å². The number of para-hydroxylation sites is 1. The molecule has 1 unspecified atom stereocenters. The molecule has 132 valence electrons. The second kappa shape index (κ2) is 6.55. The SMILES string of the molecule is CC(C)(C)C1CCc2nc(NC(=O)c3ccccc3[N+](=O)[O-])sc2C1. The van der Waals surface area contributed by atoms with Crippen molar-refractivity contribution in [3.05, 3.63) is 50.5 Å². The average molecular weight is 359 g/mol. The highest BCUT2D eigenvalue weighted by Crippen LogP contribution is 2.40. The molecule has 1 amide bonds. The first-order chi connectivity index (χ1) is 11.8. The Bertz CT molecular complexity index is 823. The molecule has 0 saturated heterocycles. The number of aryl methyl sites for hydroxylation is 1. The lowest BCUT2D eigenvalue weighted by atomic mass is 9.73. The molecule has 1 aromatic heterocycles. The summed E-state index contributed by atoms with van der Waals surface area (Å²) < 4.78 is 0. The number of carbonyl (C=O) groups excluding carboxylic acids is 1. The van der Waals surface area contributed by atoms with Gasteiger partial charge in [0.15, 0.2) is 5.13 Å². The molecule has 1 aliphatic carbocycles. The Balaban J connectivity index is 1.79. The van der Waals surface area contributed by atoms with Crippen LogP contribution in [0.5, 0.6) is 0 Å². The average Bonchev–Trinajstić information content (AvgIpc) is 2.95. The van der Waals surface area contributed by atoms with Gasteiger partial charge in [0.05, 0.1) is 10.6 Å². The Morgan fingerprint density at radius 1 is 1.36 bits per heavy atom. The summed E-state index contributed by atoms with van der Waals surface area (Å²) in [5, 5.41) is 14.3. The zero-order valence-corrected chi connectivity index (χ0v) is 15.4. The van der Waals surface area contributed by atoms with Gasteiger partial charge in [0.1, 0.15) is 5.56 Å². The summed E-state index contributed by atoms with van der Waals surface area (Å²) in [5.41, 5.74) is 1.14. The molecule has 7 heteroatoms. The molecule has 1 N–H and O–H groups in total. The highest BCUT2D eigenvalue weighted by Gasteiger charge is 2.31. The van der Waals surface area contributed by atoms with Crippen molar-refractivity contribution in [3.8, 4) is 0 Å². The lowest BCUT2D eigenvalue weighted by molar-refractivity contribution is -0.385. The first-order valence-electron chi connectivity index (χ1n) is 8.29. The third kappa shape index (κ3) is 3.71. The molecule has 1 aromatic carbocycles. The van der Waals surface area contributed by atoms with E-state index in [1.807, 2.05) is 0 Å². The van der Waals surface area contributed by atoms with Gasteiger partial charge in [-0.1, -0.05) is 32.9 Å². The number of nitro groups is 1. The van der Waals surface area contributed by atoms with Gasteiger partial charge < -0.3 is 0 Å². The van der Waals surface area contributed by atoms with Crippen LogP contribution < -0.4 is 5.32 Å². The third-order valence-electron chi connectivity index (χ3n) is 4.73. The van der Waals surface area contributed by atoms with Crippen molar-refractivity contribution in [2.45, 2.75) is 40.0 Å². The highest BCUT2D eigenvalue weighted by atomic mass is 32.1. The molecule has 0 spiro atoms. The van der Waals surface area contributed by atoms with Gasteiger partial charge in [-0.15, -0.1) is 11.3 Å². The van der Waals surface area contributed by atoms with Crippen molar-refractivity contribution in [3.63, 3.8) is 0 Å². The molecule has 1 aliphatic rings. The number of hydrogen-bond donors (Lipinski definition) is 1. The van der Waals surface area contributed by atoms with Crippen molar-refractivity contribution in [1.82, 2.24) is 4.98 Å². The van der Waals surface area contributed by atoms with Crippen LogP contribution in [0.3, 0.4) is 0 Å². The molecule has 0 bridgehead atoms. The second-order valence-corrected chi connectivity index (χ2v) is 8.51. The van der Waals surface area contributed by atoms with E-state index >= 15 is 0 Å². The quantitative estimate of drug-likeness (QED) is 0.648. The van der Waals surface area contributed by atoms with Gasteiger partial charge in [-0.3, -0.25) is 20.2 Å². The summed E-state index contributed by atoms with van der Waals surface area (Å²) in [7, 11) is 0. The summed E-state index contributed by atoms with van der Waals surface area (Å²) >= 11 is 1.48. The minimum Gasteiger partial charge on any atom is -0.298 e. The van der Waals surface area contributed by atoms with Crippen molar-refractivity contribution in [2.24, 2.45) is 11.3 Å². The van der Waals surface area contributed by atoms with Gasteiger partial charge >= 0.3 is 0 Å². The number of thiazole rings is 1. The van der Waals surface area contributed by atoms with Crippen molar-refractivity contribution < 1.29 is 9.72 Å². The Hall–Kier alpha value is -2.28. The Morgan fingerprint density at radius 3 is 2.76 bits per heavy atom. The number of carbonyl (C=O) groups is 1. The Labute approximate surface area is 150 Å². The molecule has 25 heavy (non-hydrogen) atoms. The van der Waals surface area contributed by atoms with E-state index in [2.05, 4.69) is 31.1 Å². The molecule has 1 heterocycles. The minimum absolute atomic E-state index is 0.0493. The molecule has 0 fully saturated rings. The molecule has 1 atom stereocenters. The van der Waals surface area contributed by atoms with E-state index in [1.54, 1.807) is 12.1 Å². The molecule has 0 saturated carbocycles. The fraction of sp³-hybridized carbons (Fsp3) is 0.444. The van der Waals surface area contributed by atoms with Gasteiger partial charge in [0.25, 0.3) is 11.6 Å². The number of anilines is 1. The number of benzene rings is 1. The fourth-order valence-electron chi connectivity index (χ4n) is 3.16. The van der Waals surface area contributed by atoms with Crippen LogP contribution in [0.25, 0.3) is 0 Å². The standard InChI is InChI=1S/C18H21N3O3S/c1-18(2,3)11-8-9-13-15(10-11)25-17(19-13)20-16(22)12-6-4-5-7-14(12)21(23)24/h4-7,11H,8-10H2,1-3H3,(H,19,20,22). The predicted octanol–water partition coefficient (Wildman–Crippen LogP) is 4.45. The summed E-state index contributed by atoms with van der Waals surface area (Å²) in [6.45, 7) is 6.75. The maximum Gasteiger partial charge on any atom is 0.282 e. The monoisotopic (exact) mass is 359 g/mol. The molecule has 2 aromatic rings. The second-order valence-electron chi connectivity index (χ2n) is 7.42. The summed E-state index contributed by atoms with van der Waals surface area (Å²) in [4.78, 5) is 28.7. The van der Waals surface area contributed by atoms with E-state index in [9.17, 15) is 14.9 Å². The predicted molar refractivity (Wildman–Crippen MR) is 98.1 cm³/mol. The number of amides is 1. The van der Waals surface area contributed by atoms with Crippen LogP contribution in [0, 0.1) is 21.4 Å². The number of nitro benzene ring substituents is 1. The van der Waals surface area contributed by atoms with Crippen LogP contribution in [-0.2, 0) is 12.8 Å². The van der Waals surface area contributed by atoms with Gasteiger partial charge in [-0.25, -0.2) is 4.98 Å². The first-order valence-corrected chi connectivity index (χ1v) is 9.10. The van der Waals surface area contributed by atoms with Crippen molar-refractivity contribution in [1.29, 1.82) is 0 Å². The number of nitrogens with zero attached hydrogens (tertiary/aromatic N) is 2. The molecule has 6 nitrogen and oxygen atoms in total. The fourth-order valence-corrected chi connectivity index (χ4v) is 4.24. The van der Waals surface area contributed by atoms with Crippen LogP contribution >= 0.6 is 11.3 Å². The summed E-state index contributed by atoms with van der Waals surface area (Å²) in [6, 6.07) is 5.94. The van der Waals surface area contributed by atoms with Crippen LogP contribution in [0.4, 0.5) is 10.8 Å². The van der Waals surface area contributed by atoms with Crippen molar-refractivity contribution in [2.75, 3.05) is 5.32 Å². The Kier molecular flexibility index (Phi) is 4.60. The van der Waals surface area contributed by atoms with E-state index in [4.69, 9.17) is 0 Å². The maximum atomic E-state index is 12.4. The largest absolute Gasteiger partial charge is 0.298 e. The number of aromatic nitrogens is 1. The molecular formula is C18H21N3O3S. The Morgan fingerprint density at radius 2 is 2.08 bits per heavy atom. The van der Waals surface area contributed by atoms with Crippen LogP contribution in [0.2, 0.25) is 0 Å². The highest BCUT2D eigenvalue weighted by molar-refractivity contribution is 7.15. The first kappa shape index (κ1) is 17.5. The topological polar surface area (TPSA) is 85.1 Å². The molecule has 0 aliphatic heterocycles. The number of fused-ring (bicyclic) bond motifs is 1. The molecular weight excluding hydrogens is 338 g/mol. The summed E-state index contributed by atoms with van der Waals surface area (Å²) in [6.07, 6.45) is 2.98. The number of rotatable bonds is 3. The molecule has 3 rings (SSSR count). The third-order valence-corrected chi connectivity index (χ3v) is 5.77. The van der Waals surface area contributed by atoms with E-state index in [0.29, 0.717) is 11.0 Å². The zero-order chi connectivity index (χ0) is 18.2. The van der Waals surface area contributed by atoms with E-state index in [0.717, 1.165) is 25.0 Å². The maximum absolute atomic E-state index is 12.4. The van der Waals surface area contributed by atoms with Gasteiger partial charge in [-0.2, -0.15) is 0 Å². The van der Waals surface area contributed by atoms with Gasteiger partial charge in [-0.05, 0) is 36.7 Å². The zero-order valence-electron chi connectivity index (χ0n) is 14.5. The van der Waals surface area contributed by atoms with E-state index in [1.165, 1.54) is 28.3 Å². The van der Waals surface area contributed by atoms with Crippen LogP contribution in [0.15, 0.2) is 24.3 Å². The molecule has 0 radical (unpaired) electrons. The van der Waals surface area contributed by atoms with E-state index < -0.39 is 10.8 Å². The van der Waals surface area contributed by atoms with Crippen LogP contribution in [0.1, 0.15) is 48.1 Å². The lowest BCUT2D eigenvalue weighted by Gasteiger charge is -2.33. The minimum atomic E-state index is -0.546. The van der Waals surface area contributed by atoms with E-state index in [-0.39, 0.29) is 16.7 Å².